The molecule has 1 heterocycles. The van der Waals surface area contributed by atoms with Gasteiger partial charge in [-0.3, -0.25) is 4.68 Å². The van der Waals surface area contributed by atoms with Crippen molar-refractivity contribution in [2.75, 3.05) is 13.1 Å². The fourth-order valence-electron chi connectivity index (χ4n) is 2.18. The molecule has 0 radical (unpaired) electrons. The number of hydrogen-bond donors (Lipinski definition) is 1. The molecular weight excluding hydrogens is 236 g/mol. The largest absolute Gasteiger partial charge is 0.316 e. The zero-order chi connectivity index (χ0) is 14.3. The summed E-state index contributed by atoms with van der Waals surface area (Å²) in [6.07, 6.45) is 4.93. The zero-order valence-electron chi connectivity index (χ0n) is 13.2. The van der Waals surface area contributed by atoms with Crippen LogP contribution in [0.3, 0.4) is 0 Å². The predicted molar refractivity (Wildman–Crippen MR) is 80.1 cm³/mol. The van der Waals surface area contributed by atoms with E-state index in [4.69, 9.17) is 0 Å². The molecule has 0 aromatic carbocycles. The number of hydrogen-bond acceptors (Lipinski definition) is 3. The Morgan fingerprint density at radius 2 is 2.11 bits per heavy atom. The van der Waals surface area contributed by atoms with Crippen LogP contribution in [-0.2, 0) is 13.0 Å². The molecule has 0 fully saturated rings. The molecule has 0 spiro atoms. The Bertz CT molecular complexity index is 359. The van der Waals surface area contributed by atoms with Crippen LogP contribution in [0, 0.1) is 11.3 Å². The average Bonchev–Trinajstić information content (AvgIpc) is 2.76. The first kappa shape index (κ1) is 16.2. The van der Waals surface area contributed by atoms with E-state index >= 15 is 0 Å². The maximum absolute atomic E-state index is 4.44. The fourth-order valence-corrected chi connectivity index (χ4v) is 2.18. The average molecular weight is 266 g/mol. The molecule has 1 N–H and O–H groups in total. The molecule has 19 heavy (non-hydrogen) atoms. The molecule has 0 aliphatic heterocycles. The van der Waals surface area contributed by atoms with Crippen molar-refractivity contribution in [2.45, 2.75) is 60.4 Å². The van der Waals surface area contributed by atoms with Crippen molar-refractivity contribution < 1.29 is 0 Å². The van der Waals surface area contributed by atoms with E-state index in [1.165, 1.54) is 0 Å². The Hall–Kier alpha value is -0.900. The van der Waals surface area contributed by atoms with E-state index in [9.17, 15) is 0 Å². The molecular formula is C15H30N4. The number of aromatic nitrogens is 3. The molecule has 4 heteroatoms. The maximum Gasteiger partial charge on any atom is 0.138 e. The minimum atomic E-state index is 0.257. The Morgan fingerprint density at radius 3 is 2.68 bits per heavy atom. The van der Waals surface area contributed by atoms with Gasteiger partial charge in [0.25, 0.3) is 0 Å². The van der Waals surface area contributed by atoms with Gasteiger partial charge in [-0.1, -0.05) is 34.6 Å². The second-order valence-corrected chi connectivity index (χ2v) is 6.27. The summed E-state index contributed by atoms with van der Waals surface area (Å²) in [4.78, 5) is 4.44. The van der Waals surface area contributed by atoms with Crippen molar-refractivity contribution in [2.24, 2.45) is 11.3 Å². The van der Waals surface area contributed by atoms with Gasteiger partial charge in [0.05, 0.1) is 0 Å². The molecule has 1 aromatic rings. The third-order valence-electron chi connectivity index (χ3n) is 3.67. The molecule has 4 nitrogen and oxygen atoms in total. The van der Waals surface area contributed by atoms with E-state index in [1.54, 1.807) is 6.33 Å². The quantitative estimate of drug-likeness (QED) is 0.747. The molecule has 1 unspecified atom stereocenters. The van der Waals surface area contributed by atoms with E-state index in [-0.39, 0.29) is 5.41 Å². The molecule has 1 aromatic heterocycles. The summed E-state index contributed by atoms with van der Waals surface area (Å²) in [5.41, 5.74) is 0.257. The summed E-state index contributed by atoms with van der Waals surface area (Å²) in [5.74, 6) is 1.82. The van der Waals surface area contributed by atoms with E-state index in [2.05, 4.69) is 54.7 Å². The van der Waals surface area contributed by atoms with Crippen LogP contribution < -0.4 is 5.32 Å². The van der Waals surface area contributed by atoms with Gasteiger partial charge in [0.2, 0.25) is 0 Å². The normalized spacial score (nSPS) is 14.8. The molecule has 0 bridgehead atoms. The van der Waals surface area contributed by atoms with E-state index in [0.29, 0.717) is 5.92 Å². The maximum atomic E-state index is 4.44. The number of nitrogens with zero attached hydrogens (tertiary/aromatic N) is 3. The lowest BCUT2D eigenvalue weighted by Gasteiger charge is -2.28. The minimum absolute atomic E-state index is 0.257. The van der Waals surface area contributed by atoms with Gasteiger partial charge in [0, 0.05) is 19.5 Å². The number of aryl methyl sites for hydroxylation is 1. The Balaban J connectivity index is 2.60. The fraction of sp³-hybridized carbons (Fsp3) is 0.867. The van der Waals surface area contributed by atoms with Gasteiger partial charge >= 0.3 is 0 Å². The zero-order valence-corrected chi connectivity index (χ0v) is 13.2. The summed E-state index contributed by atoms with van der Waals surface area (Å²) in [6, 6.07) is 0. The van der Waals surface area contributed by atoms with E-state index in [1.807, 2.05) is 0 Å². The van der Waals surface area contributed by atoms with Crippen molar-refractivity contribution >= 4 is 0 Å². The van der Waals surface area contributed by atoms with Crippen LogP contribution in [-0.4, -0.2) is 27.9 Å². The topological polar surface area (TPSA) is 42.7 Å². The van der Waals surface area contributed by atoms with Crippen molar-refractivity contribution in [3.63, 3.8) is 0 Å². The molecule has 0 aliphatic rings. The van der Waals surface area contributed by atoms with Crippen LogP contribution >= 0.6 is 0 Å². The van der Waals surface area contributed by atoms with Crippen LogP contribution in [0.5, 0.6) is 0 Å². The standard InChI is InChI=1S/C15H30N4/c1-6-8-19-14(17-12-18-19)9-15(5,7-2)11-16-10-13(3)4/h12-13,16H,6-11H2,1-5H3. The number of nitrogens with one attached hydrogen (secondary N) is 1. The van der Waals surface area contributed by atoms with Crippen molar-refractivity contribution in [3.8, 4) is 0 Å². The first-order valence-corrected chi connectivity index (χ1v) is 7.58. The van der Waals surface area contributed by atoms with Crippen LogP contribution in [0.15, 0.2) is 6.33 Å². The highest BCUT2D eigenvalue weighted by atomic mass is 15.3. The minimum Gasteiger partial charge on any atom is -0.316 e. The third kappa shape index (κ3) is 5.31. The molecule has 1 rings (SSSR count). The van der Waals surface area contributed by atoms with Gasteiger partial charge in [-0.15, -0.1) is 0 Å². The highest BCUT2D eigenvalue weighted by Gasteiger charge is 2.24. The van der Waals surface area contributed by atoms with Crippen molar-refractivity contribution in [1.82, 2.24) is 20.1 Å². The molecule has 0 aliphatic carbocycles. The van der Waals surface area contributed by atoms with Gasteiger partial charge in [0.1, 0.15) is 12.2 Å². The van der Waals surface area contributed by atoms with Crippen LogP contribution in [0.25, 0.3) is 0 Å². The first-order valence-electron chi connectivity index (χ1n) is 7.58. The van der Waals surface area contributed by atoms with Gasteiger partial charge in [-0.25, -0.2) is 4.98 Å². The SMILES string of the molecule is CCCn1ncnc1CC(C)(CC)CNCC(C)C. The monoisotopic (exact) mass is 266 g/mol. The van der Waals surface area contributed by atoms with Gasteiger partial charge in [-0.05, 0) is 30.7 Å². The second-order valence-electron chi connectivity index (χ2n) is 6.27. The van der Waals surface area contributed by atoms with Crippen molar-refractivity contribution in [1.29, 1.82) is 0 Å². The lowest BCUT2D eigenvalue weighted by molar-refractivity contribution is 0.274. The van der Waals surface area contributed by atoms with Crippen LogP contribution in [0.2, 0.25) is 0 Å². The summed E-state index contributed by atoms with van der Waals surface area (Å²) < 4.78 is 2.05. The Labute approximate surface area is 118 Å². The first-order chi connectivity index (χ1) is 9.00. The molecule has 110 valence electrons. The van der Waals surface area contributed by atoms with Crippen LogP contribution in [0.4, 0.5) is 0 Å². The van der Waals surface area contributed by atoms with Gasteiger partial charge < -0.3 is 5.32 Å². The smallest absolute Gasteiger partial charge is 0.138 e. The lowest BCUT2D eigenvalue weighted by atomic mass is 9.83. The molecule has 0 saturated heterocycles. The second kappa shape index (κ2) is 7.63. The predicted octanol–water partition coefficient (Wildman–Crippen LogP) is 2.89. The summed E-state index contributed by atoms with van der Waals surface area (Å²) >= 11 is 0. The Morgan fingerprint density at radius 1 is 1.37 bits per heavy atom. The highest BCUT2D eigenvalue weighted by Crippen LogP contribution is 2.25. The number of rotatable bonds is 9. The van der Waals surface area contributed by atoms with Gasteiger partial charge in [-0.2, -0.15) is 5.10 Å². The Kier molecular flexibility index (Phi) is 6.49. The summed E-state index contributed by atoms with van der Waals surface area (Å²) in [6.45, 7) is 14.4. The summed E-state index contributed by atoms with van der Waals surface area (Å²) in [5, 5.41) is 7.90. The van der Waals surface area contributed by atoms with E-state index < -0.39 is 0 Å². The van der Waals surface area contributed by atoms with E-state index in [0.717, 1.165) is 44.7 Å². The summed E-state index contributed by atoms with van der Waals surface area (Å²) in [7, 11) is 0. The molecule has 0 saturated carbocycles. The van der Waals surface area contributed by atoms with Crippen molar-refractivity contribution in [3.05, 3.63) is 12.2 Å². The van der Waals surface area contributed by atoms with Gasteiger partial charge in [0.15, 0.2) is 0 Å². The lowest BCUT2D eigenvalue weighted by Crippen LogP contribution is -2.35. The molecule has 1 atom stereocenters. The van der Waals surface area contributed by atoms with Crippen LogP contribution in [0.1, 0.15) is 53.3 Å². The highest BCUT2D eigenvalue weighted by molar-refractivity contribution is 4.93. The molecule has 0 amide bonds. The third-order valence-corrected chi connectivity index (χ3v) is 3.67.